The number of aromatic nitrogens is 1. The summed E-state index contributed by atoms with van der Waals surface area (Å²) in [5, 5.41) is 0. The number of hydrogen-bond acceptors (Lipinski definition) is 4. The number of imide groups is 1. The van der Waals surface area contributed by atoms with Crippen LogP contribution in [0.1, 0.15) is 22.3 Å². The van der Waals surface area contributed by atoms with Gasteiger partial charge >= 0.3 is 0 Å². The van der Waals surface area contributed by atoms with Crippen LogP contribution in [0.3, 0.4) is 0 Å². The van der Waals surface area contributed by atoms with Gasteiger partial charge in [0.25, 0.3) is 11.8 Å². The molecule has 1 aliphatic rings. The van der Waals surface area contributed by atoms with Crippen molar-refractivity contribution in [2.24, 2.45) is 0 Å². The maximum Gasteiger partial charge on any atom is 0.268 e. The van der Waals surface area contributed by atoms with E-state index in [4.69, 9.17) is 0 Å². The number of rotatable bonds is 5. The second-order valence-electron chi connectivity index (χ2n) is 7.00. The Hall–Kier alpha value is -3.18. The summed E-state index contributed by atoms with van der Waals surface area (Å²) in [6.45, 7) is 4.20. The highest BCUT2D eigenvalue weighted by molar-refractivity contribution is 8.04. The van der Waals surface area contributed by atoms with Gasteiger partial charge in [-0.15, -0.1) is 0 Å². The predicted molar refractivity (Wildman–Crippen MR) is 115 cm³/mol. The van der Waals surface area contributed by atoms with Crippen LogP contribution in [0.25, 0.3) is 5.57 Å². The van der Waals surface area contributed by atoms with Gasteiger partial charge in [0.15, 0.2) is 0 Å². The average Bonchev–Trinajstić information content (AvgIpc) is 2.94. The van der Waals surface area contributed by atoms with E-state index < -0.39 is 0 Å². The molecule has 0 saturated heterocycles. The van der Waals surface area contributed by atoms with Gasteiger partial charge in [0.1, 0.15) is 0 Å². The third-order valence-corrected chi connectivity index (χ3v) is 5.89. The molecule has 1 aromatic heterocycles. The molecule has 1 aliphatic heterocycles. The van der Waals surface area contributed by atoms with Gasteiger partial charge in [-0.1, -0.05) is 59.8 Å². The summed E-state index contributed by atoms with van der Waals surface area (Å²) in [4.78, 5) is 33.5. The first kappa shape index (κ1) is 19.2. The number of pyridine rings is 1. The fraction of sp³-hybridized carbons (Fsp3) is 0.125. The molecule has 0 bridgehead atoms. The molecule has 0 atom stereocenters. The summed E-state index contributed by atoms with van der Waals surface area (Å²) in [6, 6.07) is 19.3. The molecular weight excluding hydrogens is 380 g/mol. The fourth-order valence-corrected chi connectivity index (χ4v) is 4.43. The van der Waals surface area contributed by atoms with Crippen molar-refractivity contribution in [2.45, 2.75) is 25.3 Å². The zero-order valence-corrected chi connectivity index (χ0v) is 17.1. The Labute approximate surface area is 174 Å². The number of thioether (sulfide) groups is 1. The number of carbonyl (C=O) groups excluding carboxylic acids is 2. The molecule has 0 unspecified atom stereocenters. The molecule has 2 heterocycles. The highest BCUT2D eigenvalue weighted by Crippen LogP contribution is 2.41. The van der Waals surface area contributed by atoms with E-state index in [1.54, 1.807) is 18.5 Å². The lowest BCUT2D eigenvalue weighted by Crippen LogP contribution is -2.31. The third kappa shape index (κ3) is 3.87. The van der Waals surface area contributed by atoms with E-state index in [9.17, 15) is 9.59 Å². The van der Waals surface area contributed by atoms with Gasteiger partial charge in [0, 0.05) is 17.3 Å². The van der Waals surface area contributed by atoms with Crippen LogP contribution in [0.4, 0.5) is 0 Å². The molecule has 0 radical (unpaired) electrons. The van der Waals surface area contributed by atoms with Crippen LogP contribution in [0.2, 0.25) is 0 Å². The summed E-state index contributed by atoms with van der Waals surface area (Å²) < 4.78 is 0. The lowest BCUT2D eigenvalue weighted by Gasteiger charge is -2.15. The first-order chi connectivity index (χ1) is 14.0. The van der Waals surface area contributed by atoms with Crippen LogP contribution in [-0.4, -0.2) is 21.7 Å². The average molecular weight is 401 g/mol. The smallest absolute Gasteiger partial charge is 0.268 e. The Balaban J connectivity index is 1.78. The predicted octanol–water partition coefficient (Wildman–Crippen LogP) is 4.77. The van der Waals surface area contributed by atoms with Crippen LogP contribution >= 0.6 is 11.8 Å². The normalized spacial score (nSPS) is 14.1. The Bertz CT molecular complexity index is 1110. The highest BCUT2D eigenvalue weighted by Gasteiger charge is 2.39. The van der Waals surface area contributed by atoms with Gasteiger partial charge in [-0.3, -0.25) is 19.5 Å². The molecule has 0 spiro atoms. The van der Waals surface area contributed by atoms with Gasteiger partial charge in [0.2, 0.25) is 0 Å². The second kappa shape index (κ2) is 8.05. The van der Waals surface area contributed by atoms with Gasteiger partial charge in [-0.05, 0) is 48.7 Å². The summed E-state index contributed by atoms with van der Waals surface area (Å²) in [5.41, 5.74) is 4.20. The van der Waals surface area contributed by atoms with Crippen LogP contribution in [-0.2, 0) is 16.1 Å². The Morgan fingerprint density at radius 3 is 2.41 bits per heavy atom. The largest absolute Gasteiger partial charge is 0.269 e. The van der Waals surface area contributed by atoms with Crippen LogP contribution in [0.15, 0.2) is 82.9 Å². The molecule has 0 aliphatic carbocycles. The molecule has 3 aromatic rings. The van der Waals surface area contributed by atoms with E-state index in [2.05, 4.69) is 4.98 Å². The molecule has 29 heavy (non-hydrogen) atoms. The molecule has 0 saturated carbocycles. The first-order valence-corrected chi connectivity index (χ1v) is 10.2. The number of carbonyl (C=O) groups is 2. The molecule has 4 rings (SSSR count). The summed E-state index contributed by atoms with van der Waals surface area (Å²) in [7, 11) is 0. The summed E-state index contributed by atoms with van der Waals surface area (Å²) in [6.07, 6.45) is 3.35. The zero-order valence-electron chi connectivity index (χ0n) is 16.3. The van der Waals surface area contributed by atoms with Crippen molar-refractivity contribution < 1.29 is 9.59 Å². The zero-order chi connectivity index (χ0) is 20.4. The number of nitrogens with zero attached hydrogens (tertiary/aromatic N) is 2. The van der Waals surface area contributed by atoms with Gasteiger partial charge in [0.05, 0.1) is 17.0 Å². The molecule has 0 fully saturated rings. The minimum atomic E-state index is -0.261. The van der Waals surface area contributed by atoms with E-state index in [-0.39, 0.29) is 18.4 Å². The quantitative estimate of drug-likeness (QED) is 0.579. The van der Waals surface area contributed by atoms with Crippen LogP contribution in [0.5, 0.6) is 0 Å². The van der Waals surface area contributed by atoms with Gasteiger partial charge in [-0.25, -0.2) is 0 Å². The van der Waals surface area contributed by atoms with E-state index in [1.807, 2.05) is 68.4 Å². The number of amides is 2. The van der Waals surface area contributed by atoms with Crippen molar-refractivity contribution in [1.82, 2.24) is 9.88 Å². The van der Waals surface area contributed by atoms with Crippen molar-refractivity contribution in [3.8, 4) is 0 Å². The van der Waals surface area contributed by atoms with Crippen molar-refractivity contribution in [3.05, 3.63) is 100 Å². The Morgan fingerprint density at radius 2 is 1.72 bits per heavy atom. The Morgan fingerprint density at radius 1 is 0.931 bits per heavy atom. The molecule has 2 amide bonds. The Kier molecular flexibility index (Phi) is 5.32. The maximum atomic E-state index is 13.4. The fourth-order valence-electron chi connectivity index (χ4n) is 3.40. The number of aryl methyl sites for hydroxylation is 2. The van der Waals surface area contributed by atoms with Crippen molar-refractivity contribution >= 4 is 29.1 Å². The van der Waals surface area contributed by atoms with Crippen LogP contribution in [0, 0.1) is 13.8 Å². The molecule has 0 N–H and O–H groups in total. The maximum absolute atomic E-state index is 13.4. The molecule has 4 nitrogen and oxygen atoms in total. The van der Waals surface area contributed by atoms with E-state index in [0.29, 0.717) is 10.5 Å². The minimum absolute atomic E-state index is 0.207. The van der Waals surface area contributed by atoms with Crippen molar-refractivity contribution in [3.63, 3.8) is 0 Å². The molecule has 2 aromatic carbocycles. The van der Waals surface area contributed by atoms with Crippen molar-refractivity contribution in [2.75, 3.05) is 0 Å². The summed E-state index contributed by atoms with van der Waals surface area (Å²) >= 11 is 1.35. The molecule has 5 heteroatoms. The number of benzene rings is 2. The van der Waals surface area contributed by atoms with Gasteiger partial charge in [-0.2, -0.15) is 0 Å². The summed E-state index contributed by atoms with van der Waals surface area (Å²) in [5.74, 6) is -0.521. The van der Waals surface area contributed by atoms with E-state index >= 15 is 0 Å². The van der Waals surface area contributed by atoms with E-state index in [0.717, 1.165) is 27.1 Å². The lowest BCUT2D eigenvalue weighted by molar-refractivity contribution is -0.137. The van der Waals surface area contributed by atoms with Crippen LogP contribution < -0.4 is 0 Å². The third-order valence-electron chi connectivity index (χ3n) is 4.80. The standard InChI is InChI=1S/C24H20N2O2S/c1-16-10-11-20(17(2)13-16)21-22(29-19-8-4-3-5-9-19)24(28)26(23(21)27)15-18-7-6-12-25-14-18/h3-14H,15H2,1-2H3. The van der Waals surface area contributed by atoms with Gasteiger partial charge < -0.3 is 0 Å². The highest BCUT2D eigenvalue weighted by atomic mass is 32.2. The van der Waals surface area contributed by atoms with E-state index in [1.165, 1.54) is 16.7 Å². The minimum Gasteiger partial charge on any atom is -0.269 e. The molecule has 144 valence electrons. The monoisotopic (exact) mass is 400 g/mol. The SMILES string of the molecule is Cc1ccc(C2=C(Sc3ccccc3)C(=O)N(Cc3cccnc3)C2=O)c(C)c1. The second-order valence-corrected chi connectivity index (χ2v) is 8.08. The first-order valence-electron chi connectivity index (χ1n) is 9.34. The molecular formula is C24H20N2O2S. The number of hydrogen-bond donors (Lipinski definition) is 0. The van der Waals surface area contributed by atoms with Crippen molar-refractivity contribution in [1.29, 1.82) is 0 Å². The topological polar surface area (TPSA) is 50.3 Å². The lowest BCUT2D eigenvalue weighted by atomic mass is 9.99.